The molecule has 0 heterocycles. The maximum atomic E-state index is 6.81. The summed E-state index contributed by atoms with van der Waals surface area (Å²) in [6.07, 6.45) is 0. The molecule has 0 aromatic heterocycles. The second kappa shape index (κ2) is 13.9. The Morgan fingerprint density at radius 1 is 0.283 bits per heavy atom. The van der Waals surface area contributed by atoms with Gasteiger partial charge < -0.3 is 18.9 Å². The lowest BCUT2D eigenvalue weighted by Gasteiger charge is -2.22. The molecule has 7 aromatic rings. The van der Waals surface area contributed by atoms with E-state index in [-0.39, 0.29) is 0 Å². The van der Waals surface area contributed by atoms with Gasteiger partial charge in [0.2, 0.25) is 0 Å². The van der Waals surface area contributed by atoms with Crippen LogP contribution in [0.4, 0.5) is 0 Å². The predicted octanol–water partition coefficient (Wildman–Crippen LogP) is 10.3. The van der Waals surface area contributed by atoms with Gasteiger partial charge in [0.1, 0.15) is 49.4 Å². The third kappa shape index (κ3) is 6.52. The van der Waals surface area contributed by atoms with Crippen LogP contribution in [0.25, 0.3) is 21.5 Å². The zero-order valence-electron chi connectivity index (χ0n) is 25.5. The Balaban J connectivity index is 1.41. The van der Waals surface area contributed by atoms with Crippen molar-refractivity contribution in [3.63, 3.8) is 0 Å². The summed E-state index contributed by atoms with van der Waals surface area (Å²) in [6.45, 7) is 1.64. The summed E-state index contributed by atoms with van der Waals surface area (Å²) < 4.78 is 26.6. The Labute approximate surface area is 269 Å². The van der Waals surface area contributed by atoms with E-state index < -0.39 is 0 Å². The summed E-state index contributed by atoms with van der Waals surface area (Å²) in [7, 11) is 0. The predicted molar refractivity (Wildman–Crippen MR) is 185 cm³/mol. The largest absolute Gasteiger partial charge is 0.488 e. The number of benzene rings is 7. The van der Waals surface area contributed by atoms with Crippen LogP contribution in [-0.4, -0.2) is 0 Å². The Hall–Kier alpha value is -5.74. The van der Waals surface area contributed by atoms with Crippen molar-refractivity contribution in [1.82, 2.24) is 0 Å². The lowest BCUT2D eigenvalue weighted by Crippen LogP contribution is -2.04. The van der Waals surface area contributed by atoms with Crippen LogP contribution in [0.2, 0.25) is 0 Å². The average Bonchev–Trinajstić information content (AvgIpc) is 3.13. The Kier molecular flexibility index (Phi) is 8.77. The van der Waals surface area contributed by atoms with Crippen molar-refractivity contribution in [2.45, 2.75) is 26.4 Å². The summed E-state index contributed by atoms with van der Waals surface area (Å²) >= 11 is 0. The van der Waals surface area contributed by atoms with E-state index in [1.54, 1.807) is 0 Å². The van der Waals surface area contributed by atoms with Crippen molar-refractivity contribution in [3.8, 4) is 23.0 Å². The molecule has 0 bridgehead atoms. The van der Waals surface area contributed by atoms with Gasteiger partial charge in [-0.15, -0.1) is 0 Å². The fourth-order valence-electron chi connectivity index (χ4n) is 5.65. The normalized spacial score (nSPS) is 11.0. The lowest BCUT2D eigenvalue weighted by atomic mass is 9.98. The van der Waals surface area contributed by atoms with Crippen molar-refractivity contribution < 1.29 is 18.9 Å². The molecule has 0 aliphatic heterocycles. The van der Waals surface area contributed by atoms with Gasteiger partial charge in [-0.2, -0.15) is 0 Å². The first-order valence-electron chi connectivity index (χ1n) is 15.5. The van der Waals surface area contributed by atoms with Crippen LogP contribution in [0.5, 0.6) is 23.0 Å². The second-order valence-electron chi connectivity index (χ2n) is 11.1. The minimum Gasteiger partial charge on any atom is -0.488 e. The first-order chi connectivity index (χ1) is 22.8. The number of hydrogen-bond acceptors (Lipinski definition) is 4. The molecule has 226 valence electrons. The van der Waals surface area contributed by atoms with Gasteiger partial charge >= 0.3 is 0 Å². The standard InChI is InChI=1S/C42H34O4/c1-5-15-31(16-6-1)27-43-37-25-13-23-35-39(37)42(46-30-34-21-11-4-12-22-34)40-36(41(35)45-29-33-19-9-3-10-20-33)24-14-26-38(40)44-28-32-17-7-2-8-18-32/h1-26H,27-30H2. The van der Waals surface area contributed by atoms with E-state index in [0.717, 1.165) is 49.5 Å². The minimum absolute atomic E-state index is 0.384. The quantitative estimate of drug-likeness (QED) is 0.130. The molecule has 4 nitrogen and oxygen atoms in total. The van der Waals surface area contributed by atoms with Crippen molar-refractivity contribution >= 4 is 21.5 Å². The van der Waals surface area contributed by atoms with E-state index in [9.17, 15) is 0 Å². The topological polar surface area (TPSA) is 36.9 Å². The second-order valence-corrected chi connectivity index (χ2v) is 11.1. The molecule has 0 aliphatic rings. The van der Waals surface area contributed by atoms with E-state index in [1.165, 1.54) is 0 Å². The molecule has 0 saturated carbocycles. The molecule has 0 radical (unpaired) electrons. The first kappa shape index (κ1) is 29.0. The highest BCUT2D eigenvalue weighted by Crippen LogP contribution is 2.50. The van der Waals surface area contributed by atoms with E-state index >= 15 is 0 Å². The maximum absolute atomic E-state index is 6.81. The molecule has 7 rings (SSSR count). The molecular weight excluding hydrogens is 568 g/mol. The van der Waals surface area contributed by atoms with Crippen LogP contribution in [-0.2, 0) is 26.4 Å². The molecule has 0 unspecified atom stereocenters. The van der Waals surface area contributed by atoms with Crippen LogP contribution in [0.3, 0.4) is 0 Å². The summed E-state index contributed by atoms with van der Waals surface area (Å²) in [4.78, 5) is 0. The van der Waals surface area contributed by atoms with Crippen LogP contribution in [0, 0.1) is 0 Å². The molecule has 0 N–H and O–H groups in total. The number of rotatable bonds is 12. The zero-order chi connectivity index (χ0) is 31.0. The van der Waals surface area contributed by atoms with Crippen molar-refractivity contribution in [1.29, 1.82) is 0 Å². The molecule has 4 heteroatoms. The molecule has 0 fully saturated rings. The van der Waals surface area contributed by atoms with Crippen molar-refractivity contribution in [2.24, 2.45) is 0 Å². The minimum atomic E-state index is 0.384. The fourth-order valence-corrected chi connectivity index (χ4v) is 5.65. The molecule has 7 aromatic carbocycles. The number of ether oxygens (including phenoxy) is 4. The maximum Gasteiger partial charge on any atom is 0.143 e. The Morgan fingerprint density at radius 3 is 0.978 bits per heavy atom. The lowest BCUT2D eigenvalue weighted by molar-refractivity contribution is 0.293. The van der Waals surface area contributed by atoms with Gasteiger partial charge in [-0.1, -0.05) is 146 Å². The highest BCUT2D eigenvalue weighted by Gasteiger charge is 2.23. The summed E-state index contributed by atoms with van der Waals surface area (Å²) in [5.74, 6) is 2.90. The first-order valence-corrected chi connectivity index (χ1v) is 15.5. The van der Waals surface area contributed by atoms with Gasteiger partial charge in [-0.05, 0) is 34.4 Å². The van der Waals surface area contributed by atoms with Gasteiger partial charge in [0.25, 0.3) is 0 Å². The fraction of sp³-hybridized carbons (Fsp3) is 0.0952. The SMILES string of the molecule is c1ccc(COc2c3cccc(OCc4ccccc4)c3c(OCc3ccccc3)c3c(OCc4ccccc4)cccc23)cc1. The summed E-state index contributed by atoms with van der Waals surface area (Å²) in [5, 5.41) is 3.52. The van der Waals surface area contributed by atoms with Gasteiger partial charge in [0, 0.05) is 10.8 Å². The number of fused-ring (bicyclic) bond motifs is 2. The molecular formula is C42H34O4. The smallest absolute Gasteiger partial charge is 0.143 e. The highest BCUT2D eigenvalue weighted by molar-refractivity contribution is 6.15. The third-order valence-electron chi connectivity index (χ3n) is 7.92. The molecule has 0 saturated heterocycles. The van der Waals surface area contributed by atoms with E-state index in [4.69, 9.17) is 18.9 Å². The van der Waals surface area contributed by atoms with Crippen molar-refractivity contribution in [2.75, 3.05) is 0 Å². The van der Waals surface area contributed by atoms with Crippen LogP contribution in [0.15, 0.2) is 158 Å². The monoisotopic (exact) mass is 602 g/mol. The van der Waals surface area contributed by atoms with Crippen LogP contribution >= 0.6 is 0 Å². The van der Waals surface area contributed by atoms with Gasteiger partial charge in [0.05, 0.1) is 10.8 Å². The van der Waals surface area contributed by atoms with Crippen LogP contribution < -0.4 is 18.9 Å². The zero-order valence-corrected chi connectivity index (χ0v) is 25.5. The van der Waals surface area contributed by atoms with Crippen molar-refractivity contribution in [3.05, 3.63) is 180 Å². The average molecular weight is 603 g/mol. The van der Waals surface area contributed by atoms with Gasteiger partial charge in [0.15, 0.2) is 0 Å². The van der Waals surface area contributed by atoms with E-state index in [2.05, 4.69) is 60.7 Å². The van der Waals surface area contributed by atoms with Gasteiger partial charge in [-0.25, -0.2) is 0 Å². The number of hydrogen-bond donors (Lipinski definition) is 0. The van der Waals surface area contributed by atoms with Gasteiger partial charge in [-0.3, -0.25) is 0 Å². The summed E-state index contributed by atoms with van der Waals surface area (Å²) in [5.41, 5.74) is 4.32. The molecule has 0 amide bonds. The molecule has 46 heavy (non-hydrogen) atoms. The molecule has 0 aliphatic carbocycles. The molecule has 0 spiro atoms. The molecule has 0 atom stereocenters. The Morgan fingerprint density at radius 2 is 0.609 bits per heavy atom. The van der Waals surface area contributed by atoms with E-state index in [0.29, 0.717) is 43.7 Å². The highest BCUT2D eigenvalue weighted by atomic mass is 16.5. The van der Waals surface area contributed by atoms with E-state index in [1.807, 2.05) is 97.1 Å². The van der Waals surface area contributed by atoms with Crippen LogP contribution in [0.1, 0.15) is 22.3 Å². The summed E-state index contributed by atoms with van der Waals surface area (Å²) in [6, 6.07) is 53.0. The third-order valence-corrected chi connectivity index (χ3v) is 7.92. The Bertz CT molecular complexity index is 1920.